The molecule has 0 fully saturated rings. The fourth-order valence-electron chi connectivity index (χ4n) is 3.91. The average Bonchev–Trinajstić information content (AvgIpc) is 3.21. The number of para-hydroxylation sites is 3. The van der Waals surface area contributed by atoms with E-state index in [2.05, 4.69) is 101 Å². The van der Waals surface area contributed by atoms with Crippen molar-refractivity contribution in [3.05, 3.63) is 89.6 Å². The van der Waals surface area contributed by atoms with Gasteiger partial charge in [0.05, 0.1) is 0 Å². The van der Waals surface area contributed by atoms with Gasteiger partial charge < -0.3 is 0 Å². The minimum atomic E-state index is 1.19. The van der Waals surface area contributed by atoms with E-state index in [4.69, 9.17) is 0 Å². The summed E-state index contributed by atoms with van der Waals surface area (Å²) >= 11 is 1.82. The lowest BCUT2D eigenvalue weighted by Crippen LogP contribution is -2.33. The summed E-state index contributed by atoms with van der Waals surface area (Å²) in [6.07, 6.45) is 0. The third-order valence-corrected chi connectivity index (χ3v) is 5.99. The standard InChI is InChI=1S/C23H19N2S/c1-16-9-8-14-22-23(16)21(15-26-22)25-17(2)24(18-10-4-3-5-11-18)19-12-6-7-13-20(19)25/h3-15H,1-2H3/q+1. The SMILES string of the molecule is Cc1cccc2scc(-[n+]3c(C)n(-c4ccccc4)c4ccccc43)c12. The van der Waals surface area contributed by atoms with E-state index in [-0.39, 0.29) is 0 Å². The molecule has 2 nitrogen and oxygen atoms in total. The van der Waals surface area contributed by atoms with Gasteiger partial charge in [-0.05, 0) is 42.8 Å². The van der Waals surface area contributed by atoms with Crippen LogP contribution in [0.3, 0.4) is 0 Å². The number of thiophene rings is 1. The van der Waals surface area contributed by atoms with Gasteiger partial charge >= 0.3 is 0 Å². The number of nitrogens with zero attached hydrogens (tertiary/aromatic N) is 2. The Kier molecular flexibility index (Phi) is 3.44. The first-order valence-electron chi connectivity index (χ1n) is 8.80. The van der Waals surface area contributed by atoms with Gasteiger partial charge in [0.2, 0.25) is 0 Å². The Bertz CT molecular complexity index is 1250. The average molecular weight is 355 g/mol. The predicted molar refractivity (Wildman–Crippen MR) is 110 cm³/mol. The number of hydrogen-bond donors (Lipinski definition) is 0. The lowest BCUT2D eigenvalue weighted by atomic mass is 10.1. The summed E-state index contributed by atoms with van der Waals surface area (Å²) in [5, 5.41) is 3.63. The number of fused-ring (bicyclic) bond motifs is 2. The van der Waals surface area contributed by atoms with Crippen molar-refractivity contribution in [3.8, 4) is 11.4 Å². The van der Waals surface area contributed by atoms with Crippen molar-refractivity contribution in [3.63, 3.8) is 0 Å². The lowest BCUT2D eigenvalue weighted by molar-refractivity contribution is -0.573. The van der Waals surface area contributed by atoms with E-state index >= 15 is 0 Å². The number of benzene rings is 3. The molecule has 0 aliphatic rings. The molecule has 0 radical (unpaired) electrons. The maximum Gasteiger partial charge on any atom is 0.264 e. The molecular weight excluding hydrogens is 336 g/mol. The summed E-state index contributed by atoms with van der Waals surface area (Å²) in [5.74, 6) is 1.21. The second-order valence-electron chi connectivity index (χ2n) is 6.61. The van der Waals surface area contributed by atoms with Crippen molar-refractivity contribution in [2.24, 2.45) is 0 Å². The predicted octanol–water partition coefficient (Wildman–Crippen LogP) is 5.74. The molecule has 0 saturated heterocycles. The van der Waals surface area contributed by atoms with Crippen LogP contribution in [0.15, 0.2) is 78.2 Å². The van der Waals surface area contributed by atoms with Gasteiger partial charge in [-0.1, -0.05) is 42.5 Å². The Balaban J connectivity index is 1.91. The highest BCUT2D eigenvalue weighted by Crippen LogP contribution is 2.31. The van der Waals surface area contributed by atoms with E-state index in [9.17, 15) is 0 Å². The Morgan fingerprint density at radius 2 is 1.58 bits per heavy atom. The molecule has 3 aromatic carbocycles. The van der Waals surface area contributed by atoms with Gasteiger partial charge in [-0.3, -0.25) is 0 Å². The van der Waals surface area contributed by atoms with Crippen LogP contribution in [0.25, 0.3) is 32.5 Å². The van der Waals surface area contributed by atoms with Crippen LogP contribution in [-0.4, -0.2) is 4.57 Å². The number of rotatable bonds is 2. The minimum Gasteiger partial charge on any atom is -0.192 e. The summed E-state index contributed by atoms with van der Waals surface area (Å²) in [7, 11) is 0. The molecule has 0 bridgehead atoms. The van der Waals surface area contributed by atoms with Crippen molar-refractivity contribution < 1.29 is 4.57 Å². The first-order valence-corrected chi connectivity index (χ1v) is 9.68. The molecule has 0 saturated carbocycles. The maximum absolute atomic E-state index is 2.40. The topological polar surface area (TPSA) is 8.81 Å². The highest BCUT2D eigenvalue weighted by molar-refractivity contribution is 7.17. The van der Waals surface area contributed by atoms with Gasteiger partial charge in [0.15, 0.2) is 16.7 Å². The van der Waals surface area contributed by atoms with Crippen LogP contribution >= 0.6 is 11.3 Å². The van der Waals surface area contributed by atoms with Crippen molar-refractivity contribution in [2.45, 2.75) is 13.8 Å². The van der Waals surface area contributed by atoms with Crippen molar-refractivity contribution in [1.82, 2.24) is 4.57 Å². The van der Waals surface area contributed by atoms with Gasteiger partial charge in [0.25, 0.3) is 5.82 Å². The van der Waals surface area contributed by atoms with Crippen molar-refractivity contribution in [2.75, 3.05) is 0 Å². The molecule has 3 heteroatoms. The maximum atomic E-state index is 2.40. The zero-order valence-corrected chi connectivity index (χ0v) is 15.6. The zero-order valence-electron chi connectivity index (χ0n) is 14.8. The molecule has 0 N–H and O–H groups in total. The second-order valence-corrected chi connectivity index (χ2v) is 7.52. The van der Waals surface area contributed by atoms with Crippen LogP contribution in [0.1, 0.15) is 11.4 Å². The smallest absolute Gasteiger partial charge is 0.192 e. The van der Waals surface area contributed by atoms with Gasteiger partial charge in [-0.2, -0.15) is 9.13 Å². The Labute approximate surface area is 156 Å². The summed E-state index contributed by atoms with van der Waals surface area (Å²) in [5.41, 5.74) is 6.24. The molecule has 0 amide bonds. The number of aryl methyl sites for hydroxylation is 1. The van der Waals surface area contributed by atoms with Gasteiger partial charge in [-0.15, -0.1) is 11.3 Å². The normalized spacial score (nSPS) is 11.5. The van der Waals surface area contributed by atoms with Crippen LogP contribution in [-0.2, 0) is 0 Å². The first kappa shape index (κ1) is 15.4. The van der Waals surface area contributed by atoms with Crippen LogP contribution < -0.4 is 4.57 Å². The highest BCUT2D eigenvalue weighted by Gasteiger charge is 2.26. The van der Waals surface area contributed by atoms with Crippen LogP contribution in [0.2, 0.25) is 0 Å². The monoisotopic (exact) mass is 355 g/mol. The molecule has 0 spiro atoms. The van der Waals surface area contributed by atoms with E-state index < -0.39 is 0 Å². The number of imidazole rings is 1. The second kappa shape index (κ2) is 5.82. The Morgan fingerprint density at radius 1 is 0.808 bits per heavy atom. The third kappa shape index (κ3) is 2.14. The van der Waals surface area contributed by atoms with Crippen LogP contribution in [0.5, 0.6) is 0 Å². The summed E-state index contributed by atoms with van der Waals surface area (Å²) in [6, 6.07) is 25.8. The summed E-state index contributed by atoms with van der Waals surface area (Å²) in [6.45, 7) is 4.40. The van der Waals surface area contributed by atoms with Crippen LogP contribution in [0.4, 0.5) is 0 Å². The molecule has 5 rings (SSSR count). The third-order valence-electron chi connectivity index (χ3n) is 5.05. The molecule has 0 unspecified atom stereocenters. The molecule has 2 heterocycles. The van der Waals surface area contributed by atoms with E-state index in [1.165, 1.54) is 43.9 Å². The summed E-state index contributed by atoms with van der Waals surface area (Å²) in [4.78, 5) is 0. The van der Waals surface area contributed by atoms with E-state index in [1.54, 1.807) is 0 Å². The lowest BCUT2D eigenvalue weighted by Gasteiger charge is -2.02. The van der Waals surface area contributed by atoms with Gasteiger partial charge in [-0.25, -0.2) is 0 Å². The minimum absolute atomic E-state index is 1.19. The number of aromatic nitrogens is 2. The largest absolute Gasteiger partial charge is 0.264 e. The summed E-state index contributed by atoms with van der Waals surface area (Å²) < 4.78 is 6.08. The van der Waals surface area contributed by atoms with E-state index in [0.29, 0.717) is 0 Å². The van der Waals surface area contributed by atoms with Gasteiger partial charge in [0, 0.05) is 22.4 Å². The Morgan fingerprint density at radius 3 is 2.42 bits per heavy atom. The molecule has 126 valence electrons. The molecule has 0 atom stereocenters. The van der Waals surface area contributed by atoms with Crippen molar-refractivity contribution in [1.29, 1.82) is 0 Å². The molecule has 0 aliphatic carbocycles. The van der Waals surface area contributed by atoms with E-state index in [0.717, 1.165) is 0 Å². The first-order chi connectivity index (χ1) is 12.8. The molecule has 0 aliphatic heterocycles. The number of hydrogen-bond acceptors (Lipinski definition) is 1. The fraction of sp³-hybridized carbons (Fsp3) is 0.0870. The molecule has 2 aromatic heterocycles. The van der Waals surface area contributed by atoms with E-state index in [1.807, 2.05) is 11.3 Å². The van der Waals surface area contributed by atoms with Crippen LogP contribution in [0, 0.1) is 13.8 Å². The highest BCUT2D eigenvalue weighted by atomic mass is 32.1. The quantitative estimate of drug-likeness (QED) is 0.357. The fourth-order valence-corrected chi connectivity index (χ4v) is 4.91. The van der Waals surface area contributed by atoms with Gasteiger partial charge in [0.1, 0.15) is 5.69 Å². The van der Waals surface area contributed by atoms with Crippen molar-refractivity contribution >= 4 is 32.5 Å². The zero-order chi connectivity index (χ0) is 17.7. The Hall–Kier alpha value is -2.91. The molecule has 5 aromatic rings. The molecule has 26 heavy (non-hydrogen) atoms. The molecular formula is C23H19N2S+.